The third-order valence-electron chi connectivity index (χ3n) is 3.36. The second-order valence-electron chi connectivity index (χ2n) is 5.16. The minimum absolute atomic E-state index is 0.108. The largest absolute Gasteiger partial charge is 0.508 e. The highest BCUT2D eigenvalue weighted by Crippen LogP contribution is 2.22. The molecule has 5 heteroatoms. The number of phenols is 1. The van der Waals surface area contributed by atoms with Gasteiger partial charge < -0.3 is 14.4 Å². The highest BCUT2D eigenvalue weighted by molar-refractivity contribution is 6.31. The normalized spacial score (nSPS) is 10.6. The van der Waals surface area contributed by atoms with Crippen LogP contribution in [0, 0.1) is 0 Å². The van der Waals surface area contributed by atoms with Crippen molar-refractivity contribution in [1.82, 2.24) is 4.57 Å². The Morgan fingerprint density at radius 2 is 2.05 bits per heavy atom. The Kier molecular flexibility index (Phi) is 5.90. The van der Waals surface area contributed by atoms with E-state index in [2.05, 4.69) is 6.92 Å². The van der Waals surface area contributed by atoms with Crippen LogP contribution in [0.3, 0.4) is 0 Å². The van der Waals surface area contributed by atoms with Gasteiger partial charge in [0.25, 0.3) is 5.56 Å². The van der Waals surface area contributed by atoms with Crippen LogP contribution < -0.4 is 10.3 Å². The SMILES string of the molecule is CCCCCOc1ccn(Cc2ccc(O)cc2Cl)c(=O)c1. The molecule has 0 bridgehead atoms. The molecule has 118 valence electrons. The monoisotopic (exact) mass is 321 g/mol. The average Bonchev–Trinajstić information content (AvgIpc) is 2.49. The maximum absolute atomic E-state index is 12.1. The first-order valence-corrected chi connectivity index (χ1v) is 7.78. The van der Waals surface area contributed by atoms with Gasteiger partial charge >= 0.3 is 0 Å². The van der Waals surface area contributed by atoms with E-state index in [4.69, 9.17) is 16.3 Å². The van der Waals surface area contributed by atoms with Crippen molar-refractivity contribution >= 4 is 11.6 Å². The van der Waals surface area contributed by atoms with Crippen molar-refractivity contribution in [2.24, 2.45) is 0 Å². The van der Waals surface area contributed by atoms with E-state index in [1.54, 1.807) is 29.0 Å². The molecule has 0 spiro atoms. The zero-order valence-electron chi connectivity index (χ0n) is 12.6. The molecule has 2 aromatic rings. The Balaban J connectivity index is 2.05. The Hall–Kier alpha value is -1.94. The molecule has 0 unspecified atom stereocenters. The number of aromatic nitrogens is 1. The van der Waals surface area contributed by atoms with Crippen LogP contribution in [-0.2, 0) is 6.54 Å². The summed E-state index contributed by atoms with van der Waals surface area (Å²) in [5, 5.41) is 9.78. The van der Waals surface area contributed by atoms with Gasteiger partial charge in [0.05, 0.1) is 13.2 Å². The zero-order valence-corrected chi connectivity index (χ0v) is 13.3. The lowest BCUT2D eigenvalue weighted by Crippen LogP contribution is -2.19. The topological polar surface area (TPSA) is 51.5 Å². The molecular weight excluding hydrogens is 302 g/mol. The maximum atomic E-state index is 12.1. The van der Waals surface area contributed by atoms with E-state index in [9.17, 15) is 9.90 Å². The smallest absolute Gasteiger partial charge is 0.254 e. The molecule has 0 atom stereocenters. The summed E-state index contributed by atoms with van der Waals surface area (Å²) in [6, 6.07) is 7.99. The Labute approximate surface area is 134 Å². The fourth-order valence-corrected chi connectivity index (χ4v) is 2.33. The summed E-state index contributed by atoms with van der Waals surface area (Å²) >= 11 is 6.06. The number of ether oxygens (including phenoxy) is 1. The second kappa shape index (κ2) is 7.90. The van der Waals surface area contributed by atoms with E-state index in [0.717, 1.165) is 24.8 Å². The lowest BCUT2D eigenvalue weighted by atomic mass is 10.2. The number of aromatic hydroxyl groups is 1. The zero-order chi connectivity index (χ0) is 15.9. The van der Waals surface area contributed by atoms with Crippen molar-refractivity contribution in [3.63, 3.8) is 0 Å². The first kappa shape index (κ1) is 16.4. The molecular formula is C17H20ClNO3. The molecule has 1 aromatic heterocycles. The number of unbranched alkanes of at least 4 members (excludes halogenated alkanes) is 2. The molecule has 0 aliphatic heterocycles. The number of phenolic OH excluding ortho intramolecular Hbond substituents is 1. The first-order chi connectivity index (χ1) is 10.6. The molecule has 0 aliphatic rings. The van der Waals surface area contributed by atoms with E-state index in [-0.39, 0.29) is 11.3 Å². The third-order valence-corrected chi connectivity index (χ3v) is 3.71. The number of hydrogen-bond acceptors (Lipinski definition) is 3. The van der Waals surface area contributed by atoms with Gasteiger partial charge in [-0.25, -0.2) is 0 Å². The summed E-state index contributed by atoms with van der Waals surface area (Å²) in [4.78, 5) is 12.1. The summed E-state index contributed by atoms with van der Waals surface area (Å²) in [7, 11) is 0. The molecule has 22 heavy (non-hydrogen) atoms. The van der Waals surface area contributed by atoms with Gasteiger partial charge in [0.15, 0.2) is 0 Å². The number of nitrogens with zero attached hydrogens (tertiary/aromatic N) is 1. The lowest BCUT2D eigenvalue weighted by molar-refractivity contribution is 0.305. The van der Waals surface area contributed by atoms with Crippen LogP contribution in [0.4, 0.5) is 0 Å². The quantitative estimate of drug-likeness (QED) is 0.789. The summed E-state index contributed by atoms with van der Waals surface area (Å²) in [5.74, 6) is 0.700. The van der Waals surface area contributed by atoms with Gasteiger partial charge in [0.1, 0.15) is 11.5 Å². The molecule has 0 amide bonds. The van der Waals surface area contributed by atoms with Gasteiger partial charge in [-0.15, -0.1) is 0 Å². The van der Waals surface area contributed by atoms with Crippen LogP contribution in [0.1, 0.15) is 31.7 Å². The number of hydrogen-bond donors (Lipinski definition) is 1. The first-order valence-electron chi connectivity index (χ1n) is 7.41. The Morgan fingerprint density at radius 3 is 2.73 bits per heavy atom. The van der Waals surface area contributed by atoms with Crippen molar-refractivity contribution in [3.8, 4) is 11.5 Å². The van der Waals surface area contributed by atoms with Gasteiger partial charge in [0.2, 0.25) is 0 Å². The predicted molar refractivity (Wildman–Crippen MR) is 87.9 cm³/mol. The predicted octanol–water partition coefficient (Wildman–Crippen LogP) is 3.82. The molecule has 0 saturated carbocycles. The van der Waals surface area contributed by atoms with Crippen LogP contribution in [0.25, 0.3) is 0 Å². The van der Waals surface area contributed by atoms with Gasteiger partial charge in [0, 0.05) is 17.3 Å². The van der Waals surface area contributed by atoms with Crippen molar-refractivity contribution in [2.45, 2.75) is 32.7 Å². The minimum atomic E-state index is -0.142. The fraction of sp³-hybridized carbons (Fsp3) is 0.353. The number of pyridine rings is 1. The van der Waals surface area contributed by atoms with E-state index < -0.39 is 0 Å². The number of benzene rings is 1. The maximum Gasteiger partial charge on any atom is 0.254 e. The van der Waals surface area contributed by atoms with Crippen molar-refractivity contribution in [2.75, 3.05) is 6.61 Å². The molecule has 2 rings (SSSR count). The summed E-state index contributed by atoms with van der Waals surface area (Å²) in [6.45, 7) is 3.12. The van der Waals surface area contributed by atoms with Crippen molar-refractivity contribution in [1.29, 1.82) is 0 Å². The van der Waals surface area contributed by atoms with Crippen LogP contribution in [0.15, 0.2) is 41.3 Å². The van der Waals surface area contributed by atoms with E-state index in [1.165, 1.54) is 12.1 Å². The average molecular weight is 322 g/mol. The second-order valence-corrected chi connectivity index (χ2v) is 5.57. The highest BCUT2D eigenvalue weighted by atomic mass is 35.5. The molecule has 1 N–H and O–H groups in total. The van der Waals surface area contributed by atoms with Crippen LogP contribution in [0.5, 0.6) is 11.5 Å². The third kappa shape index (κ3) is 4.53. The summed E-state index contributed by atoms with van der Waals surface area (Å²) in [5.41, 5.74) is 0.635. The fourth-order valence-electron chi connectivity index (χ4n) is 2.10. The molecule has 0 aliphatic carbocycles. The number of rotatable bonds is 7. The minimum Gasteiger partial charge on any atom is -0.508 e. The molecule has 0 radical (unpaired) electrons. The van der Waals surface area contributed by atoms with Crippen LogP contribution >= 0.6 is 11.6 Å². The number of halogens is 1. The summed E-state index contributed by atoms with van der Waals surface area (Å²) in [6.07, 6.45) is 4.94. The van der Waals surface area contributed by atoms with Crippen LogP contribution in [-0.4, -0.2) is 16.3 Å². The van der Waals surface area contributed by atoms with Crippen molar-refractivity contribution < 1.29 is 9.84 Å². The van der Waals surface area contributed by atoms with Gasteiger partial charge in [-0.3, -0.25) is 4.79 Å². The standard InChI is InChI=1S/C17H20ClNO3/c1-2-3-4-9-22-15-7-8-19(17(21)11-15)12-13-5-6-14(20)10-16(13)18/h5-8,10-11,20H,2-4,9,12H2,1H3. The summed E-state index contributed by atoms with van der Waals surface area (Å²) < 4.78 is 7.11. The van der Waals surface area contributed by atoms with Gasteiger partial charge in [-0.05, 0) is 30.2 Å². The van der Waals surface area contributed by atoms with Gasteiger partial charge in [-0.2, -0.15) is 0 Å². The Bertz CT molecular complexity index is 682. The lowest BCUT2D eigenvalue weighted by Gasteiger charge is -2.10. The van der Waals surface area contributed by atoms with E-state index in [1.807, 2.05) is 0 Å². The van der Waals surface area contributed by atoms with E-state index >= 15 is 0 Å². The molecule has 0 fully saturated rings. The molecule has 4 nitrogen and oxygen atoms in total. The highest BCUT2D eigenvalue weighted by Gasteiger charge is 2.05. The molecule has 1 aromatic carbocycles. The Morgan fingerprint density at radius 1 is 1.23 bits per heavy atom. The van der Waals surface area contributed by atoms with Crippen LogP contribution in [0.2, 0.25) is 5.02 Å². The van der Waals surface area contributed by atoms with E-state index in [0.29, 0.717) is 23.9 Å². The van der Waals surface area contributed by atoms with Gasteiger partial charge in [-0.1, -0.05) is 37.4 Å². The molecule has 0 saturated heterocycles. The molecule has 1 heterocycles. The van der Waals surface area contributed by atoms with Crippen molar-refractivity contribution in [3.05, 3.63) is 57.5 Å².